The molecule has 0 amide bonds. The molecule has 5 rings (SSSR count). The number of methoxy groups -OCH3 is 1. The van der Waals surface area contributed by atoms with Crippen LogP contribution in [0.4, 0.5) is 21.6 Å². The second kappa shape index (κ2) is 12.0. The molecule has 2 heterocycles. The highest BCUT2D eigenvalue weighted by Crippen LogP contribution is 2.36. The minimum absolute atomic E-state index is 0.00617. The molecule has 0 bridgehead atoms. The number of nitrogen functional groups attached to an aromatic ring is 1. The van der Waals surface area contributed by atoms with Gasteiger partial charge in [0.2, 0.25) is 0 Å². The number of aromatic nitrogens is 3. The number of sulfonamides is 1. The topological polar surface area (TPSA) is 124 Å². The maximum atomic E-state index is 15.4. The minimum atomic E-state index is -4.12. The highest BCUT2D eigenvalue weighted by Gasteiger charge is 2.23. The van der Waals surface area contributed by atoms with E-state index >= 15 is 4.39 Å². The first kappa shape index (κ1) is 29.3. The average Bonchev–Trinajstić information content (AvgIpc) is 3.37. The Balaban J connectivity index is 1.55. The summed E-state index contributed by atoms with van der Waals surface area (Å²) in [4.78, 5) is 9.16. The maximum Gasteiger partial charge on any atom is 0.263 e. The third-order valence-corrected chi connectivity index (χ3v) is 8.52. The van der Waals surface area contributed by atoms with Crippen molar-refractivity contribution in [1.29, 1.82) is 0 Å². The van der Waals surface area contributed by atoms with Gasteiger partial charge in [-0.2, -0.15) is 0 Å². The molecule has 5 aromatic rings. The molecule has 0 radical (unpaired) electrons. The molecule has 0 aliphatic heterocycles. The molecule has 2 aromatic heterocycles. The van der Waals surface area contributed by atoms with Crippen molar-refractivity contribution in [3.63, 3.8) is 0 Å². The van der Waals surface area contributed by atoms with Crippen LogP contribution < -0.4 is 15.8 Å². The number of imidazole rings is 1. The molecule has 0 fully saturated rings. The van der Waals surface area contributed by atoms with Crippen LogP contribution in [0.1, 0.15) is 25.6 Å². The highest BCUT2D eigenvalue weighted by molar-refractivity contribution is 7.92. The summed E-state index contributed by atoms with van der Waals surface area (Å²) >= 11 is 6.06. The average molecular weight is 609 g/mol. The van der Waals surface area contributed by atoms with Crippen molar-refractivity contribution < 1.29 is 17.5 Å². The van der Waals surface area contributed by atoms with E-state index in [9.17, 15) is 8.42 Å². The van der Waals surface area contributed by atoms with Crippen molar-refractivity contribution >= 4 is 44.3 Å². The molecule has 0 saturated heterocycles. The largest absolute Gasteiger partial charge is 0.383 e. The lowest BCUT2D eigenvalue weighted by Gasteiger charge is -2.13. The number of anilines is 3. The number of fused-ring (bicyclic) bond motifs is 1. The van der Waals surface area contributed by atoms with E-state index in [2.05, 4.69) is 15.0 Å². The molecule has 0 atom stereocenters. The summed E-state index contributed by atoms with van der Waals surface area (Å²) in [6.07, 6.45) is 1.69. The maximum absolute atomic E-state index is 15.4. The fraction of sp³-hybridized carbons (Fsp3) is 0.200. The van der Waals surface area contributed by atoms with Crippen LogP contribution >= 0.6 is 11.6 Å². The van der Waals surface area contributed by atoms with Gasteiger partial charge in [0.1, 0.15) is 33.6 Å². The van der Waals surface area contributed by atoms with Crippen LogP contribution in [0, 0.1) is 5.82 Å². The Morgan fingerprint density at radius 3 is 2.45 bits per heavy atom. The number of halogens is 2. The quantitative estimate of drug-likeness (QED) is 0.156. The van der Waals surface area contributed by atoms with Crippen LogP contribution in [0.5, 0.6) is 0 Å². The number of nitrogens with two attached hydrogens (primary N) is 1. The van der Waals surface area contributed by atoms with Gasteiger partial charge >= 0.3 is 0 Å². The number of benzene rings is 3. The van der Waals surface area contributed by atoms with Gasteiger partial charge < -0.3 is 15.8 Å². The van der Waals surface area contributed by atoms with E-state index in [1.165, 1.54) is 30.3 Å². The number of nitrogens with zero attached hydrogens (tertiary/aromatic N) is 3. The molecule has 0 aliphatic carbocycles. The zero-order valence-electron chi connectivity index (χ0n) is 23.2. The monoisotopic (exact) mass is 608 g/mol. The predicted molar refractivity (Wildman–Crippen MR) is 165 cm³/mol. The van der Waals surface area contributed by atoms with Gasteiger partial charge in [0.05, 0.1) is 29.2 Å². The third-order valence-electron chi connectivity index (χ3n) is 6.66. The zero-order chi connectivity index (χ0) is 30.0. The fourth-order valence-electron chi connectivity index (χ4n) is 4.62. The first-order valence-electron chi connectivity index (χ1n) is 13.2. The molecule has 3 aromatic carbocycles. The van der Waals surface area contributed by atoms with Gasteiger partial charge in [-0.15, -0.1) is 0 Å². The summed E-state index contributed by atoms with van der Waals surface area (Å²) in [5.41, 5.74) is 10.2. The molecule has 218 valence electrons. The fourth-order valence-corrected chi connectivity index (χ4v) is 6.21. The van der Waals surface area contributed by atoms with Crippen LogP contribution in [0.3, 0.4) is 0 Å². The van der Waals surface area contributed by atoms with Crippen molar-refractivity contribution in [3.8, 4) is 22.5 Å². The third kappa shape index (κ3) is 5.76. The van der Waals surface area contributed by atoms with E-state index in [4.69, 9.17) is 27.1 Å². The Bertz CT molecular complexity index is 1860. The molecule has 9 nitrogen and oxygen atoms in total. The number of ether oxygens (including phenoxy) is 1. The summed E-state index contributed by atoms with van der Waals surface area (Å²) in [5, 5.41) is 3.33. The molecule has 0 spiro atoms. The second-order valence-corrected chi connectivity index (χ2v) is 12.0. The zero-order valence-corrected chi connectivity index (χ0v) is 24.8. The SMILES string of the molecule is COCCNc1ccc(-c2cnc(N)c3c(-c4ccc(NS(=O)(=O)c5ccccc5Cl)c(F)c4)nc(C(C)C)n23)cc1. The van der Waals surface area contributed by atoms with Crippen molar-refractivity contribution in [2.24, 2.45) is 0 Å². The summed E-state index contributed by atoms with van der Waals surface area (Å²) in [6, 6.07) is 18.0. The molecule has 42 heavy (non-hydrogen) atoms. The van der Waals surface area contributed by atoms with Crippen molar-refractivity contribution in [1.82, 2.24) is 14.4 Å². The van der Waals surface area contributed by atoms with E-state index in [0.29, 0.717) is 29.9 Å². The van der Waals surface area contributed by atoms with E-state index < -0.39 is 15.8 Å². The number of rotatable bonds is 10. The molecule has 0 aliphatic rings. The summed E-state index contributed by atoms with van der Waals surface area (Å²) in [6.45, 7) is 5.29. The summed E-state index contributed by atoms with van der Waals surface area (Å²) < 4.78 is 50.5. The lowest BCUT2D eigenvalue weighted by molar-refractivity contribution is 0.211. The summed E-state index contributed by atoms with van der Waals surface area (Å²) in [7, 11) is -2.47. The molecule has 12 heteroatoms. The normalized spacial score (nSPS) is 11.8. The lowest BCUT2D eigenvalue weighted by atomic mass is 10.1. The Morgan fingerprint density at radius 1 is 1.07 bits per heavy atom. The van der Waals surface area contributed by atoms with Crippen molar-refractivity contribution in [2.45, 2.75) is 24.7 Å². The van der Waals surface area contributed by atoms with E-state index in [1.807, 2.05) is 42.5 Å². The van der Waals surface area contributed by atoms with E-state index in [-0.39, 0.29) is 27.3 Å². The van der Waals surface area contributed by atoms with E-state index in [0.717, 1.165) is 22.8 Å². The first-order chi connectivity index (χ1) is 20.1. The highest BCUT2D eigenvalue weighted by atomic mass is 35.5. The van der Waals surface area contributed by atoms with Crippen LogP contribution in [0.25, 0.3) is 28.0 Å². The Kier molecular flexibility index (Phi) is 8.35. The Hall–Kier alpha value is -4.19. The van der Waals surface area contributed by atoms with Crippen LogP contribution in [0.2, 0.25) is 5.02 Å². The first-order valence-corrected chi connectivity index (χ1v) is 15.0. The molecule has 0 unspecified atom stereocenters. The van der Waals surface area contributed by atoms with Gasteiger partial charge in [-0.05, 0) is 36.4 Å². The van der Waals surface area contributed by atoms with Gasteiger partial charge in [-0.1, -0.05) is 55.8 Å². The predicted octanol–water partition coefficient (Wildman–Crippen LogP) is 6.42. The van der Waals surface area contributed by atoms with Gasteiger partial charge in [0.25, 0.3) is 10.0 Å². The Labute approximate surface area is 248 Å². The van der Waals surface area contributed by atoms with Crippen molar-refractivity contribution in [2.75, 3.05) is 36.0 Å². The van der Waals surface area contributed by atoms with Gasteiger partial charge in [0.15, 0.2) is 0 Å². The second-order valence-electron chi connectivity index (χ2n) is 9.91. The molecular formula is C30H30ClFN6O3S. The summed E-state index contributed by atoms with van der Waals surface area (Å²) in [5.74, 6) is 0.160. The van der Waals surface area contributed by atoms with Gasteiger partial charge in [-0.3, -0.25) is 9.12 Å². The number of nitrogens with one attached hydrogen (secondary N) is 2. The minimum Gasteiger partial charge on any atom is -0.383 e. The smallest absolute Gasteiger partial charge is 0.263 e. The van der Waals surface area contributed by atoms with E-state index in [1.54, 1.807) is 25.4 Å². The molecular weight excluding hydrogens is 579 g/mol. The Morgan fingerprint density at radius 2 is 1.79 bits per heavy atom. The number of hydrogen-bond acceptors (Lipinski definition) is 7. The van der Waals surface area contributed by atoms with Gasteiger partial charge in [0, 0.05) is 36.4 Å². The number of hydrogen-bond donors (Lipinski definition) is 3. The van der Waals surface area contributed by atoms with Crippen LogP contribution in [-0.4, -0.2) is 43.0 Å². The molecule has 4 N–H and O–H groups in total. The lowest BCUT2D eigenvalue weighted by Crippen LogP contribution is -2.14. The van der Waals surface area contributed by atoms with Crippen LogP contribution in [-0.2, 0) is 14.8 Å². The van der Waals surface area contributed by atoms with Crippen LogP contribution in [0.15, 0.2) is 77.8 Å². The molecule has 0 saturated carbocycles. The van der Waals surface area contributed by atoms with Crippen molar-refractivity contribution in [3.05, 3.63) is 89.6 Å². The standard InChI is InChI=1S/C30H30ClFN6O3S/c1-18(2)30-36-27(20-10-13-24(23(32)16-20)37-42(39,40)26-7-5-4-6-22(26)31)28-29(33)35-17-25(38(28)30)19-8-11-21(12-9-19)34-14-15-41-3/h4-13,16-18,34,37H,14-15H2,1-3H3,(H2,33,35). The van der Waals surface area contributed by atoms with Gasteiger partial charge in [-0.25, -0.2) is 22.8 Å².